The molecule has 4 heterocycles. The number of piperazine rings is 1. The van der Waals surface area contributed by atoms with Gasteiger partial charge >= 0.3 is 0 Å². The number of nitrogens with one attached hydrogen (secondary N) is 1. The summed E-state index contributed by atoms with van der Waals surface area (Å²) in [5.41, 5.74) is 4.42. The number of amides is 1. The van der Waals surface area contributed by atoms with Crippen LogP contribution in [0.5, 0.6) is 5.75 Å². The molecule has 0 saturated carbocycles. The average molecular weight is 488 g/mol. The van der Waals surface area contributed by atoms with Crippen LogP contribution >= 0.6 is 0 Å². The van der Waals surface area contributed by atoms with Crippen molar-refractivity contribution in [3.63, 3.8) is 0 Å². The zero-order chi connectivity index (χ0) is 24.6. The van der Waals surface area contributed by atoms with Gasteiger partial charge < -0.3 is 19.9 Å². The molecule has 1 N–H and O–H groups in total. The van der Waals surface area contributed by atoms with Gasteiger partial charge in [0.1, 0.15) is 17.9 Å². The number of benzene rings is 2. The van der Waals surface area contributed by atoms with Crippen molar-refractivity contribution in [3.8, 4) is 16.9 Å². The van der Waals surface area contributed by atoms with Crippen LogP contribution in [-0.2, 0) is 13.0 Å². The van der Waals surface area contributed by atoms with Gasteiger partial charge in [-0.15, -0.1) is 10.2 Å². The number of carbonyl (C=O) groups is 1. The van der Waals surface area contributed by atoms with Crippen molar-refractivity contribution in [3.05, 3.63) is 71.4 Å². The number of halogens is 1. The van der Waals surface area contributed by atoms with Crippen molar-refractivity contribution in [2.75, 3.05) is 45.2 Å². The minimum atomic E-state index is -0.269. The summed E-state index contributed by atoms with van der Waals surface area (Å²) in [6.07, 6.45) is 3.98. The number of hydrogen-bond acceptors (Lipinski definition) is 7. The van der Waals surface area contributed by atoms with Crippen LogP contribution in [0.3, 0.4) is 0 Å². The summed E-state index contributed by atoms with van der Waals surface area (Å²) < 4.78 is 21.9. The van der Waals surface area contributed by atoms with Crippen LogP contribution in [0.15, 0.2) is 48.9 Å². The molecule has 0 unspecified atom stereocenters. The van der Waals surface area contributed by atoms with Crippen LogP contribution in [0, 0.1) is 5.82 Å². The van der Waals surface area contributed by atoms with Crippen molar-refractivity contribution < 1.29 is 13.9 Å². The van der Waals surface area contributed by atoms with Gasteiger partial charge in [0.25, 0.3) is 5.91 Å². The molecule has 1 saturated heterocycles. The first kappa shape index (κ1) is 22.4. The van der Waals surface area contributed by atoms with Gasteiger partial charge in [0.2, 0.25) is 5.95 Å². The van der Waals surface area contributed by atoms with Crippen LogP contribution in [0.2, 0.25) is 0 Å². The molecule has 0 atom stereocenters. The summed E-state index contributed by atoms with van der Waals surface area (Å²) in [6.45, 7) is 4.06. The van der Waals surface area contributed by atoms with Gasteiger partial charge in [-0.05, 0) is 36.9 Å². The Morgan fingerprint density at radius 1 is 1.11 bits per heavy atom. The highest BCUT2D eigenvalue weighted by atomic mass is 19.1. The molecule has 10 heteroatoms. The minimum absolute atomic E-state index is 0.0463. The number of likely N-dealkylation sites (N-methyl/N-ethyl adjacent to an activating group) is 1. The molecular formula is C26H26FN7O2. The molecule has 0 aliphatic carbocycles. The fraction of sp³-hybridized carbons (Fsp3) is 0.308. The topological polar surface area (TPSA) is 87.9 Å². The smallest absolute Gasteiger partial charge is 0.253 e. The monoisotopic (exact) mass is 487 g/mol. The zero-order valence-electron chi connectivity index (χ0n) is 19.9. The van der Waals surface area contributed by atoms with Gasteiger partial charge in [-0.2, -0.15) is 0 Å². The van der Waals surface area contributed by atoms with Gasteiger partial charge in [0.15, 0.2) is 5.65 Å². The Labute approximate surface area is 207 Å². The molecule has 0 radical (unpaired) electrons. The lowest BCUT2D eigenvalue weighted by molar-refractivity contribution is 0.0664. The van der Waals surface area contributed by atoms with Crippen molar-refractivity contribution in [1.29, 1.82) is 0 Å². The third-order valence-corrected chi connectivity index (χ3v) is 6.93. The highest BCUT2D eigenvalue weighted by Crippen LogP contribution is 2.31. The Morgan fingerprint density at radius 3 is 2.72 bits per heavy atom. The zero-order valence-corrected chi connectivity index (χ0v) is 19.9. The van der Waals surface area contributed by atoms with Crippen LogP contribution in [0.4, 0.5) is 10.3 Å². The first-order chi connectivity index (χ1) is 17.6. The Kier molecular flexibility index (Phi) is 5.73. The van der Waals surface area contributed by atoms with Crippen LogP contribution in [-0.4, -0.2) is 75.1 Å². The van der Waals surface area contributed by atoms with E-state index >= 15 is 0 Å². The predicted octanol–water partition coefficient (Wildman–Crippen LogP) is 2.87. The Balaban J connectivity index is 1.23. The predicted molar refractivity (Wildman–Crippen MR) is 133 cm³/mol. The quantitative estimate of drug-likeness (QED) is 0.463. The molecule has 9 nitrogen and oxygen atoms in total. The van der Waals surface area contributed by atoms with Gasteiger partial charge in [0, 0.05) is 67.6 Å². The van der Waals surface area contributed by atoms with Crippen molar-refractivity contribution in [2.24, 2.45) is 0 Å². The SMILES string of the molecule is CN1CCN(C(=O)c2ccc(-c3cnc(NCc4c(F)ccc5c4CCO5)n4cnnc34)cc2)CC1. The molecular weight excluding hydrogens is 461 g/mol. The molecule has 0 bridgehead atoms. The fourth-order valence-electron chi connectivity index (χ4n) is 4.81. The van der Waals surface area contributed by atoms with E-state index in [1.54, 1.807) is 23.0 Å². The molecule has 6 rings (SSSR count). The lowest BCUT2D eigenvalue weighted by Crippen LogP contribution is -2.47. The largest absolute Gasteiger partial charge is 0.493 e. The van der Waals surface area contributed by atoms with E-state index in [4.69, 9.17) is 4.74 Å². The number of rotatable bonds is 5. The fourth-order valence-corrected chi connectivity index (χ4v) is 4.81. The summed E-state index contributed by atoms with van der Waals surface area (Å²) in [7, 11) is 2.07. The first-order valence-corrected chi connectivity index (χ1v) is 12.0. The number of anilines is 1. The number of hydrogen-bond donors (Lipinski definition) is 1. The third kappa shape index (κ3) is 4.03. The second-order valence-corrected chi connectivity index (χ2v) is 9.15. The normalized spacial score (nSPS) is 15.7. The summed E-state index contributed by atoms with van der Waals surface area (Å²) >= 11 is 0. The van der Waals surface area contributed by atoms with E-state index in [1.165, 1.54) is 6.07 Å². The van der Waals surface area contributed by atoms with Gasteiger partial charge in [-0.1, -0.05) is 12.1 Å². The third-order valence-electron chi connectivity index (χ3n) is 6.93. The van der Waals surface area contributed by atoms with Crippen molar-refractivity contribution in [2.45, 2.75) is 13.0 Å². The molecule has 2 aromatic carbocycles. The number of ether oxygens (including phenoxy) is 1. The van der Waals surface area contributed by atoms with E-state index < -0.39 is 0 Å². The molecule has 2 aliphatic heterocycles. The highest BCUT2D eigenvalue weighted by Gasteiger charge is 2.22. The lowest BCUT2D eigenvalue weighted by atomic mass is 10.0. The Bertz CT molecular complexity index is 1430. The highest BCUT2D eigenvalue weighted by molar-refractivity contribution is 5.95. The van der Waals surface area contributed by atoms with Gasteiger partial charge in [-0.25, -0.2) is 9.37 Å². The molecule has 2 aliphatic rings. The van der Waals surface area contributed by atoms with E-state index in [1.807, 2.05) is 29.2 Å². The van der Waals surface area contributed by atoms with E-state index in [-0.39, 0.29) is 18.3 Å². The average Bonchev–Trinajstić information content (AvgIpc) is 3.59. The number of carbonyl (C=O) groups excluding carboxylic acids is 1. The maximum Gasteiger partial charge on any atom is 0.253 e. The summed E-state index contributed by atoms with van der Waals surface area (Å²) in [5.74, 6) is 1.02. The summed E-state index contributed by atoms with van der Waals surface area (Å²) in [4.78, 5) is 21.6. The molecule has 1 amide bonds. The second kappa shape index (κ2) is 9.19. The van der Waals surface area contributed by atoms with E-state index in [0.717, 1.165) is 48.6 Å². The lowest BCUT2D eigenvalue weighted by Gasteiger charge is -2.32. The standard InChI is InChI=1S/C26H26FN7O2/c1-32-9-11-33(12-10-32)25(35)18-4-2-17(3-5-18)20-14-28-26(34-16-30-31-24(20)34)29-15-21-19-8-13-36-23(19)7-6-22(21)27/h2-7,14,16H,8-13,15H2,1H3,(H,28,29). The number of fused-ring (bicyclic) bond motifs is 2. The second-order valence-electron chi connectivity index (χ2n) is 9.15. The molecule has 2 aromatic heterocycles. The van der Waals surface area contributed by atoms with Crippen LogP contribution < -0.4 is 10.1 Å². The number of aromatic nitrogens is 4. The Hall–Kier alpha value is -4.05. The molecule has 1 fully saturated rings. The molecule has 0 spiro atoms. The van der Waals surface area contributed by atoms with E-state index in [0.29, 0.717) is 35.8 Å². The molecule has 36 heavy (non-hydrogen) atoms. The Morgan fingerprint density at radius 2 is 1.92 bits per heavy atom. The van der Waals surface area contributed by atoms with Gasteiger partial charge in [-0.3, -0.25) is 9.20 Å². The van der Waals surface area contributed by atoms with Crippen LogP contribution in [0.25, 0.3) is 16.8 Å². The first-order valence-electron chi connectivity index (χ1n) is 12.0. The molecule has 184 valence electrons. The maximum absolute atomic E-state index is 14.5. The van der Waals surface area contributed by atoms with Crippen molar-refractivity contribution >= 4 is 17.5 Å². The molecule has 4 aromatic rings. The van der Waals surface area contributed by atoms with E-state index in [2.05, 4.69) is 32.4 Å². The minimum Gasteiger partial charge on any atom is -0.493 e. The van der Waals surface area contributed by atoms with E-state index in [9.17, 15) is 9.18 Å². The van der Waals surface area contributed by atoms with Crippen LogP contribution in [0.1, 0.15) is 21.5 Å². The summed E-state index contributed by atoms with van der Waals surface area (Å²) in [6, 6.07) is 10.6. The number of nitrogens with zero attached hydrogens (tertiary/aromatic N) is 6. The maximum atomic E-state index is 14.5. The van der Waals surface area contributed by atoms with Gasteiger partial charge in [0.05, 0.1) is 6.61 Å². The summed E-state index contributed by atoms with van der Waals surface area (Å²) in [5, 5.41) is 11.6. The van der Waals surface area contributed by atoms with Crippen molar-refractivity contribution in [1.82, 2.24) is 29.4 Å².